The van der Waals surface area contributed by atoms with Gasteiger partial charge in [0.05, 0.1) is 0 Å². The lowest BCUT2D eigenvalue weighted by atomic mass is 9.73. The fourth-order valence-corrected chi connectivity index (χ4v) is 4.28. The maximum absolute atomic E-state index is 12.9. The van der Waals surface area contributed by atoms with Crippen molar-refractivity contribution in [1.82, 2.24) is 0 Å². The summed E-state index contributed by atoms with van der Waals surface area (Å²) in [6.07, 6.45) is 12.9. The monoisotopic (exact) mass is 575 g/mol. The van der Waals surface area contributed by atoms with Crippen LogP contribution in [0, 0.1) is 5.41 Å². The van der Waals surface area contributed by atoms with Crippen LogP contribution in [0.5, 0.6) is 0 Å². The quantitative estimate of drug-likeness (QED) is 0.0697. The van der Waals surface area contributed by atoms with Crippen molar-refractivity contribution in [3.8, 4) is 0 Å². The van der Waals surface area contributed by atoms with E-state index in [-0.39, 0.29) is 11.6 Å². The molecular formula is C21H34BrClIO3. The molecule has 0 aliphatic carbocycles. The van der Waals surface area contributed by atoms with E-state index >= 15 is 0 Å². The molecule has 27 heavy (non-hydrogen) atoms. The molecule has 0 N–H and O–H groups in total. The molecule has 157 valence electrons. The molecule has 1 unspecified atom stereocenters. The average Bonchev–Trinajstić information content (AvgIpc) is 2.67. The van der Waals surface area contributed by atoms with Gasteiger partial charge < -0.3 is 0 Å². The van der Waals surface area contributed by atoms with Gasteiger partial charge in [-0.15, -0.1) is 11.6 Å². The molecule has 0 aromatic rings. The summed E-state index contributed by atoms with van der Waals surface area (Å²) in [4.78, 5) is 37.5. The maximum atomic E-state index is 12.9. The Bertz CT molecular complexity index is 392. The lowest BCUT2D eigenvalue weighted by Gasteiger charge is -2.24. The second kappa shape index (κ2) is 18.5. The first kappa shape index (κ1) is 27.5. The third kappa shape index (κ3) is 11.9. The van der Waals surface area contributed by atoms with Gasteiger partial charge in [-0.25, -0.2) is 0 Å². The van der Waals surface area contributed by atoms with Crippen LogP contribution in [0.1, 0.15) is 89.9 Å². The van der Waals surface area contributed by atoms with Crippen LogP contribution in [0.15, 0.2) is 0 Å². The van der Waals surface area contributed by atoms with Crippen molar-refractivity contribution in [2.24, 2.45) is 5.41 Å². The highest BCUT2D eigenvalue weighted by molar-refractivity contribution is 14.1. The standard InChI is InChI=1S/C21H34BrClIO3/c22-15-9-3-1-6-12-19(26)21(18-25,14-8-5-10-16-23)20(27)13-7-2-4-11-17-24/h1-17H2. The molecule has 0 aliphatic rings. The van der Waals surface area contributed by atoms with E-state index in [0.29, 0.717) is 31.6 Å². The van der Waals surface area contributed by atoms with Crippen LogP contribution in [0.4, 0.5) is 0 Å². The number of hydrogen-bond donors (Lipinski definition) is 0. The number of alkyl halides is 3. The fraction of sp³-hybridized carbons (Fsp3) is 0.857. The van der Waals surface area contributed by atoms with Crippen molar-refractivity contribution < 1.29 is 14.4 Å². The van der Waals surface area contributed by atoms with E-state index < -0.39 is 5.41 Å². The number of halogens is 3. The maximum Gasteiger partial charge on any atom is 0.220 e. The van der Waals surface area contributed by atoms with E-state index in [9.17, 15) is 14.4 Å². The topological polar surface area (TPSA) is 51.2 Å². The highest BCUT2D eigenvalue weighted by Crippen LogP contribution is 2.30. The molecule has 0 spiro atoms. The first-order valence-electron chi connectivity index (χ1n) is 10.2. The number of carbonyl (C=O) groups is 2. The van der Waals surface area contributed by atoms with Gasteiger partial charge in [0, 0.05) is 24.1 Å². The van der Waals surface area contributed by atoms with Crippen LogP contribution in [0.25, 0.3) is 0 Å². The smallest absolute Gasteiger partial charge is 0.220 e. The summed E-state index contributed by atoms with van der Waals surface area (Å²) in [5.74, 6) is 0.118. The lowest BCUT2D eigenvalue weighted by molar-refractivity contribution is -0.137. The van der Waals surface area contributed by atoms with Crippen molar-refractivity contribution in [1.29, 1.82) is 0 Å². The molecule has 3 nitrogen and oxygen atoms in total. The van der Waals surface area contributed by atoms with Crippen LogP contribution in [0.2, 0.25) is 0 Å². The molecule has 0 aliphatic heterocycles. The summed E-state index contributed by atoms with van der Waals surface area (Å²) in [7, 11) is 0. The Morgan fingerprint density at radius 3 is 1.81 bits per heavy atom. The van der Waals surface area contributed by atoms with Crippen molar-refractivity contribution in [2.45, 2.75) is 89.9 Å². The van der Waals surface area contributed by atoms with Crippen molar-refractivity contribution >= 4 is 68.0 Å². The molecule has 0 bridgehead atoms. The highest BCUT2D eigenvalue weighted by Gasteiger charge is 2.44. The molecule has 1 atom stereocenters. The zero-order valence-electron chi connectivity index (χ0n) is 16.4. The molecule has 0 fully saturated rings. The molecule has 0 saturated carbocycles. The van der Waals surface area contributed by atoms with E-state index in [1.807, 2.05) is 6.29 Å². The molecule has 0 aromatic carbocycles. The average molecular weight is 577 g/mol. The Balaban J connectivity index is 4.80. The summed E-state index contributed by atoms with van der Waals surface area (Å²) in [6.45, 7) is 0. The Labute approximate surface area is 192 Å². The minimum Gasteiger partial charge on any atom is -0.298 e. The van der Waals surface area contributed by atoms with Crippen LogP contribution in [0.3, 0.4) is 0 Å². The van der Waals surface area contributed by atoms with Gasteiger partial charge in [0.2, 0.25) is 6.29 Å². The Morgan fingerprint density at radius 2 is 1.33 bits per heavy atom. The van der Waals surface area contributed by atoms with E-state index in [2.05, 4.69) is 38.5 Å². The minimum atomic E-state index is -1.54. The zero-order valence-corrected chi connectivity index (χ0v) is 20.9. The van der Waals surface area contributed by atoms with Crippen LogP contribution in [-0.2, 0) is 14.4 Å². The molecule has 0 saturated heterocycles. The summed E-state index contributed by atoms with van der Waals surface area (Å²) < 4.78 is 1.12. The molecule has 0 rings (SSSR count). The SMILES string of the molecule is O=[C]C(CCCCCCl)(C(=O)CCCCCCBr)C(=O)CCCCCCI. The lowest BCUT2D eigenvalue weighted by Crippen LogP contribution is -2.41. The Hall–Kier alpha value is 0.510. The first-order chi connectivity index (χ1) is 13.1. The fourth-order valence-electron chi connectivity index (χ4n) is 3.15. The number of rotatable bonds is 20. The van der Waals surface area contributed by atoms with Crippen molar-refractivity contribution in [2.75, 3.05) is 15.6 Å². The van der Waals surface area contributed by atoms with E-state index in [4.69, 9.17) is 11.6 Å². The van der Waals surface area contributed by atoms with Crippen LogP contribution < -0.4 is 0 Å². The molecule has 0 aromatic heterocycles. The van der Waals surface area contributed by atoms with Gasteiger partial charge in [-0.3, -0.25) is 14.4 Å². The van der Waals surface area contributed by atoms with Crippen LogP contribution in [-0.4, -0.2) is 33.5 Å². The second-order valence-corrected chi connectivity index (χ2v) is 9.31. The number of unbranched alkanes of at least 4 members (excludes halogenated alkanes) is 8. The second-order valence-electron chi connectivity index (χ2n) is 7.06. The molecule has 1 radical (unpaired) electrons. The Morgan fingerprint density at radius 1 is 0.815 bits per heavy atom. The molecule has 6 heteroatoms. The van der Waals surface area contributed by atoms with Gasteiger partial charge in [0.25, 0.3) is 0 Å². The summed E-state index contributed by atoms with van der Waals surface area (Å²) >= 11 is 11.5. The first-order valence-corrected chi connectivity index (χ1v) is 13.4. The van der Waals surface area contributed by atoms with E-state index in [1.165, 1.54) is 0 Å². The van der Waals surface area contributed by atoms with E-state index in [0.717, 1.165) is 74.0 Å². The number of ketones is 2. The predicted octanol–water partition coefficient (Wildman–Crippen LogP) is 6.75. The summed E-state index contributed by atoms with van der Waals surface area (Å²) in [5.41, 5.74) is -1.54. The van der Waals surface area contributed by atoms with Crippen molar-refractivity contribution in [3.63, 3.8) is 0 Å². The van der Waals surface area contributed by atoms with Crippen LogP contribution >= 0.6 is 50.1 Å². The number of hydrogen-bond acceptors (Lipinski definition) is 3. The van der Waals surface area contributed by atoms with Gasteiger partial charge in [0.1, 0.15) is 0 Å². The predicted molar refractivity (Wildman–Crippen MR) is 126 cm³/mol. The summed E-state index contributed by atoms with van der Waals surface area (Å²) in [6, 6.07) is 0. The molecule has 0 amide bonds. The molecule has 0 heterocycles. The van der Waals surface area contributed by atoms with Gasteiger partial charge in [-0.2, -0.15) is 0 Å². The number of Topliss-reactive ketones (excluding diaryl/α,β-unsaturated/α-hetero) is 2. The number of carbonyl (C=O) groups excluding carboxylic acids is 3. The van der Waals surface area contributed by atoms with Gasteiger partial charge in [-0.05, 0) is 43.0 Å². The van der Waals surface area contributed by atoms with Gasteiger partial charge in [-0.1, -0.05) is 77.0 Å². The van der Waals surface area contributed by atoms with Crippen molar-refractivity contribution in [3.05, 3.63) is 0 Å². The highest BCUT2D eigenvalue weighted by atomic mass is 127. The third-order valence-corrected chi connectivity index (χ3v) is 6.48. The third-order valence-electron chi connectivity index (χ3n) is 4.89. The van der Waals surface area contributed by atoms with Gasteiger partial charge >= 0.3 is 0 Å². The summed E-state index contributed by atoms with van der Waals surface area (Å²) in [5, 5.41) is 0.962. The zero-order chi connectivity index (χ0) is 20.4. The largest absolute Gasteiger partial charge is 0.298 e. The molecular weight excluding hydrogens is 542 g/mol. The van der Waals surface area contributed by atoms with E-state index in [1.54, 1.807) is 0 Å². The van der Waals surface area contributed by atoms with Gasteiger partial charge in [0.15, 0.2) is 17.0 Å². The normalized spacial score (nSPS) is 13.3. The Kier molecular flexibility index (Phi) is 18.9. The minimum absolute atomic E-state index is 0.219.